The summed E-state index contributed by atoms with van der Waals surface area (Å²) in [4.78, 5) is 2.42. The molecule has 10 aromatic carbocycles. The highest BCUT2D eigenvalue weighted by molar-refractivity contribution is 6.18. The molecule has 0 unspecified atom stereocenters. The van der Waals surface area contributed by atoms with Crippen molar-refractivity contribution in [2.45, 2.75) is 5.41 Å². The van der Waals surface area contributed by atoms with Crippen LogP contribution in [0.5, 0.6) is 0 Å². The van der Waals surface area contributed by atoms with Crippen molar-refractivity contribution in [2.24, 2.45) is 0 Å². The number of hydrogen-bond acceptors (Lipinski definition) is 3. The molecular weight excluding hydrogens is 755 g/mol. The van der Waals surface area contributed by atoms with Gasteiger partial charge in [-0.05, 0) is 86.8 Å². The Balaban J connectivity index is 1.09. The molecule has 12 aromatic rings. The van der Waals surface area contributed by atoms with Gasteiger partial charge in [0.05, 0.1) is 16.8 Å². The number of hydrogen-bond donors (Lipinski definition) is 0. The molecule has 0 atom stereocenters. The summed E-state index contributed by atoms with van der Waals surface area (Å²) in [5, 5.41) is 6.69. The van der Waals surface area contributed by atoms with Gasteiger partial charge in [-0.3, -0.25) is 0 Å². The molecule has 0 bridgehead atoms. The SMILES string of the molecule is c1ccc(C2(c3ccccc3)c3ccccc3-c3c(N(c4ccc(-c5cccc6oc7ccccc7c56)cc4)c4cccc5c4oc4c6ccccc6ccc54)cccc32)cc1. The van der Waals surface area contributed by atoms with Crippen molar-refractivity contribution >= 4 is 71.7 Å². The summed E-state index contributed by atoms with van der Waals surface area (Å²) in [7, 11) is 0. The number of benzene rings is 10. The normalized spacial score (nSPS) is 13.0. The maximum Gasteiger partial charge on any atom is 0.159 e. The fraction of sp³-hybridized carbons (Fsp3) is 0.0169. The van der Waals surface area contributed by atoms with E-state index >= 15 is 0 Å². The molecule has 3 heteroatoms. The fourth-order valence-corrected chi connectivity index (χ4v) is 10.6. The highest BCUT2D eigenvalue weighted by Crippen LogP contribution is 2.60. The van der Waals surface area contributed by atoms with Crippen LogP contribution in [0.3, 0.4) is 0 Å². The molecular formula is C59H37NO2. The molecule has 0 spiro atoms. The van der Waals surface area contributed by atoms with Crippen molar-refractivity contribution in [1.29, 1.82) is 0 Å². The van der Waals surface area contributed by atoms with Gasteiger partial charge in [-0.15, -0.1) is 0 Å². The Hall–Kier alpha value is -8.14. The van der Waals surface area contributed by atoms with Crippen molar-refractivity contribution < 1.29 is 8.83 Å². The second-order valence-electron chi connectivity index (χ2n) is 16.3. The van der Waals surface area contributed by atoms with Gasteiger partial charge in [0, 0.05) is 38.2 Å². The molecule has 3 nitrogen and oxygen atoms in total. The first-order valence-electron chi connectivity index (χ1n) is 21.3. The van der Waals surface area contributed by atoms with E-state index in [0.29, 0.717) is 0 Å². The molecule has 290 valence electrons. The average Bonchev–Trinajstić information content (AvgIpc) is 4.02. The molecule has 0 aliphatic heterocycles. The molecule has 1 aliphatic carbocycles. The monoisotopic (exact) mass is 791 g/mol. The lowest BCUT2D eigenvalue weighted by molar-refractivity contribution is 0.669. The average molecular weight is 792 g/mol. The van der Waals surface area contributed by atoms with Gasteiger partial charge in [0.15, 0.2) is 5.58 Å². The Morgan fingerprint density at radius 3 is 1.77 bits per heavy atom. The topological polar surface area (TPSA) is 29.5 Å². The molecule has 1 aliphatic rings. The molecule has 0 N–H and O–H groups in total. The van der Waals surface area contributed by atoms with Crippen LogP contribution in [-0.4, -0.2) is 0 Å². The van der Waals surface area contributed by atoms with Gasteiger partial charge in [-0.25, -0.2) is 0 Å². The number of anilines is 3. The van der Waals surface area contributed by atoms with E-state index in [9.17, 15) is 0 Å². The first kappa shape index (κ1) is 34.7. The van der Waals surface area contributed by atoms with Crippen LogP contribution >= 0.6 is 0 Å². The zero-order chi connectivity index (χ0) is 40.8. The summed E-state index contributed by atoms with van der Waals surface area (Å²) in [6.45, 7) is 0. The highest BCUT2D eigenvalue weighted by Gasteiger charge is 2.47. The van der Waals surface area contributed by atoms with Gasteiger partial charge in [0.2, 0.25) is 0 Å². The standard InChI is InChI=1S/C59H37NO2/c1-3-17-40(18-4-1)59(41-19-5-2-6-20-41)49-26-11-9-22-47(49)56-50(59)27-15-28-51(56)60(52-29-13-25-45-46-37-34-38-16-7-8-21-44(38)57(46)62-58(45)52)42-35-32-39(33-36-42)43-24-14-31-54-55(43)48-23-10-12-30-53(48)61-54/h1-37H. The summed E-state index contributed by atoms with van der Waals surface area (Å²) in [6, 6.07) is 81.0. The Morgan fingerprint density at radius 1 is 0.355 bits per heavy atom. The van der Waals surface area contributed by atoms with Gasteiger partial charge in [-0.2, -0.15) is 0 Å². The number of fused-ring (bicyclic) bond motifs is 11. The van der Waals surface area contributed by atoms with E-state index in [1.807, 2.05) is 12.1 Å². The van der Waals surface area contributed by atoms with Crippen LogP contribution in [0, 0.1) is 0 Å². The van der Waals surface area contributed by atoms with Crippen LogP contribution in [0.25, 0.3) is 76.9 Å². The van der Waals surface area contributed by atoms with E-state index in [1.54, 1.807) is 0 Å². The van der Waals surface area contributed by atoms with Gasteiger partial charge < -0.3 is 13.7 Å². The van der Waals surface area contributed by atoms with Crippen molar-refractivity contribution in [3.8, 4) is 22.3 Å². The van der Waals surface area contributed by atoms with E-state index in [-0.39, 0.29) is 0 Å². The van der Waals surface area contributed by atoms with Crippen LogP contribution < -0.4 is 4.90 Å². The third-order valence-corrected chi connectivity index (χ3v) is 13.1. The van der Waals surface area contributed by atoms with E-state index in [1.165, 1.54) is 33.4 Å². The lowest BCUT2D eigenvalue weighted by Crippen LogP contribution is -2.28. The lowest BCUT2D eigenvalue weighted by Gasteiger charge is -2.34. The Bertz CT molecular complexity index is 3650. The van der Waals surface area contributed by atoms with E-state index in [2.05, 4.69) is 217 Å². The third kappa shape index (κ3) is 4.88. The first-order chi connectivity index (χ1) is 30.8. The third-order valence-electron chi connectivity index (χ3n) is 13.1. The predicted molar refractivity (Wildman–Crippen MR) is 256 cm³/mol. The molecule has 2 aromatic heterocycles. The predicted octanol–water partition coefficient (Wildman–Crippen LogP) is 16.1. The second-order valence-corrected chi connectivity index (χ2v) is 16.3. The van der Waals surface area contributed by atoms with E-state index < -0.39 is 5.41 Å². The summed E-state index contributed by atoms with van der Waals surface area (Å²) in [5.41, 5.74) is 15.7. The first-order valence-corrected chi connectivity index (χ1v) is 21.3. The zero-order valence-electron chi connectivity index (χ0n) is 33.6. The van der Waals surface area contributed by atoms with Gasteiger partial charge >= 0.3 is 0 Å². The Labute approximate surface area is 358 Å². The molecule has 0 radical (unpaired) electrons. The number of nitrogens with zero attached hydrogens (tertiary/aromatic N) is 1. The highest BCUT2D eigenvalue weighted by atomic mass is 16.3. The van der Waals surface area contributed by atoms with Crippen LogP contribution in [0.2, 0.25) is 0 Å². The van der Waals surface area contributed by atoms with Gasteiger partial charge in [-0.1, -0.05) is 182 Å². The van der Waals surface area contributed by atoms with Crippen LogP contribution in [0.1, 0.15) is 22.3 Å². The summed E-state index contributed by atoms with van der Waals surface area (Å²) >= 11 is 0. The van der Waals surface area contributed by atoms with Gasteiger partial charge in [0.1, 0.15) is 16.7 Å². The molecule has 2 heterocycles. The smallest absolute Gasteiger partial charge is 0.159 e. The largest absolute Gasteiger partial charge is 0.456 e. The molecule has 0 fully saturated rings. The van der Waals surface area contributed by atoms with Crippen molar-refractivity contribution in [3.63, 3.8) is 0 Å². The molecule has 13 rings (SSSR count). The zero-order valence-corrected chi connectivity index (χ0v) is 33.6. The summed E-state index contributed by atoms with van der Waals surface area (Å²) in [5.74, 6) is 0. The van der Waals surface area contributed by atoms with Crippen LogP contribution in [0.15, 0.2) is 233 Å². The minimum absolute atomic E-state index is 0.545. The van der Waals surface area contributed by atoms with Crippen molar-refractivity contribution in [3.05, 3.63) is 247 Å². The van der Waals surface area contributed by atoms with Gasteiger partial charge in [0.25, 0.3) is 0 Å². The quantitative estimate of drug-likeness (QED) is 0.168. The molecule has 0 saturated carbocycles. The maximum atomic E-state index is 7.11. The summed E-state index contributed by atoms with van der Waals surface area (Å²) < 4.78 is 13.4. The lowest BCUT2D eigenvalue weighted by atomic mass is 9.68. The fourth-order valence-electron chi connectivity index (χ4n) is 10.6. The van der Waals surface area contributed by atoms with E-state index in [4.69, 9.17) is 8.83 Å². The minimum Gasteiger partial charge on any atom is -0.456 e. The molecule has 62 heavy (non-hydrogen) atoms. The number of furan rings is 2. The number of rotatable bonds is 6. The van der Waals surface area contributed by atoms with Crippen LogP contribution in [0.4, 0.5) is 17.1 Å². The van der Waals surface area contributed by atoms with Crippen molar-refractivity contribution in [2.75, 3.05) is 4.90 Å². The number of para-hydroxylation sites is 2. The second kappa shape index (κ2) is 13.4. The van der Waals surface area contributed by atoms with Crippen LogP contribution in [-0.2, 0) is 5.41 Å². The summed E-state index contributed by atoms with van der Waals surface area (Å²) in [6.07, 6.45) is 0. The molecule has 0 amide bonds. The molecule has 0 saturated heterocycles. The van der Waals surface area contributed by atoms with E-state index in [0.717, 1.165) is 82.8 Å². The minimum atomic E-state index is -0.545. The Kier molecular flexibility index (Phi) is 7.52. The Morgan fingerprint density at radius 2 is 0.952 bits per heavy atom. The van der Waals surface area contributed by atoms with Crippen molar-refractivity contribution in [1.82, 2.24) is 0 Å². The maximum absolute atomic E-state index is 7.11.